The van der Waals surface area contributed by atoms with Gasteiger partial charge in [-0.15, -0.1) is 0 Å². The Morgan fingerprint density at radius 2 is 2.14 bits per heavy atom. The van der Waals surface area contributed by atoms with Crippen molar-refractivity contribution in [2.75, 3.05) is 6.54 Å². The molecule has 0 saturated heterocycles. The molecule has 1 heterocycles. The number of carbonyl (C=O) groups excluding carboxylic acids is 1. The molecule has 112 valence electrons. The fourth-order valence-electron chi connectivity index (χ4n) is 2.21. The van der Waals surface area contributed by atoms with E-state index < -0.39 is 5.97 Å². The zero-order valence-corrected chi connectivity index (χ0v) is 12.0. The number of nitrogens with one attached hydrogen (secondary N) is 1. The summed E-state index contributed by atoms with van der Waals surface area (Å²) < 4.78 is 1.78. The summed E-state index contributed by atoms with van der Waals surface area (Å²) in [6, 6.07) is 7.61. The molecule has 0 radical (unpaired) electrons. The second-order valence-electron chi connectivity index (χ2n) is 5.04. The van der Waals surface area contributed by atoms with Crippen molar-refractivity contribution >= 4 is 22.9 Å². The zero-order chi connectivity index (χ0) is 15.2. The topological polar surface area (TPSA) is 84.2 Å². The van der Waals surface area contributed by atoms with E-state index in [1.54, 1.807) is 10.9 Å². The molecule has 1 aromatic heterocycles. The van der Waals surface area contributed by atoms with Gasteiger partial charge in [0.15, 0.2) is 0 Å². The van der Waals surface area contributed by atoms with Crippen LogP contribution in [0.1, 0.15) is 19.8 Å². The first-order chi connectivity index (χ1) is 10.1. The lowest BCUT2D eigenvalue weighted by atomic mass is 10.0. The van der Waals surface area contributed by atoms with Gasteiger partial charge in [-0.2, -0.15) is 0 Å². The molecule has 0 bridgehead atoms. The molecule has 2 rings (SSSR count). The summed E-state index contributed by atoms with van der Waals surface area (Å²) in [7, 11) is 0. The number of para-hydroxylation sites is 2. The highest BCUT2D eigenvalue weighted by atomic mass is 16.4. The fourth-order valence-corrected chi connectivity index (χ4v) is 2.21. The van der Waals surface area contributed by atoms with Crippen LogP contribution in [-0.4, -0.2) is 33.1 Å². The summed E-state index contributed by atoms with van der Waals surface area (Å²) in [6.45, 7) is 2.49. The summed E-state index contributed by atoms with van der Waals surface area (Å²) in [5.74, 6) is -1.01. The van der Waals surface area contributed by atoms with E-state index in [4.69, 9.17) is 5.11 Å². The lowest BCUT2D eigenvalue weighted by Crippen LogP contribution is -2.32. The molecule has 1 unspecified atom stereocenters. The molecule has 6 nitrogen and oxygen atoms in total. The van der Waals surface area contributed by atoms with Crippen LogP contribution in [0.3, 0.4) is 0 Å². The van der Waals surface area contributed by atoms with Gasteiger partial charge < -0.3 is 15.0 Å². The minimum absolute atomic E-state index is 0.0361. The fraction of sp³-hybridized carbons (Fsp3) is 0.400. The van der Waals surface area contributed by atoms with Crippen molar-refractivity contribution in [2.24, 2.45) is 5.92 Å². The van der Waals surface area contributed by atoms with E-state index in [1.807, 2.05) is 31.2 Å². The molecule has 21 heavy (non-hydrogen) atoms. The van der Waals surface area contributed by atoms with Gasteiger partial charge >= 0.3 is 5.97 Å². The number of amides is 1. The van der Waals surface area contributed by atoms with Gasteiger partial charge in [0.25, 0.3) is 0 Å². The van der Waals surface area contributed by atoms with Gasteiger partial charge in [0.05, 0.1) is 17.4 Å². The van der Waals surface area contributed by atoms with E-state index in [9.17, 15) is 9.59 Å². The smallest absolute Gasteiger partial charge is 0.303 e. The van der Waals surface area contributed by atoms with Crippen LogP contribution < -0.4 is 5.32 Å². The average Bonchev–Trinajstić information content (AvgIpc) is 2.86. The second kappa shape index (κ2) is 6.88. The molecule has 1 aromatic carbocycles. The first-order valence-electron chi connectivity index (χ1n) is 6.98. The Balaban J connectivity index is 1.91. The maximum atomic E-state index is 12.0. The number of carboxylic acid groups (broad SMARTS) is 1. The highest BCUT2D eigenvalue weighted by Crippen LogP contribution is 2.11. The number of hydrogen-bond donors (Lipinski definition) is 2. The number of carboxylic acids is 1. The molecule has 0 fully saturated rings. The summed E-state index contributed by atoms with van der Waals surface area (Å²) in [6.07, 6.45) is 2.43. The number of rotatable bonds is 7. The Morgan fingerprint density at radius 1 is 1.38 bits per heavy atom. The third-order valence-corrected chi connectivity index (χ3v) is 3.47. The highest BCUT2D eigenvalue weighted by Gasteiger charge is 2.13. The van der Waals surface area contributed by atoms with Crippen LogP contribution in [0.5, 0.6) is 0 Å². The van der Waals surface area contributed by atoms with Crippen LogP contribution in [0.15, 0.2) is 30.6 Å². The molecule has 0 aliphatic rings. The Bertz CT molecular complexity index is 636. The third-order valence-electron chi connectivity index (χ3n) is 3.47. The normalized spacial score (nSPS) is 12.2. The quantitative estimate of drug-likeness (QED) is 0.811. The summed E-state index contributed by atoms with van der Waals surface area (Å²) in [4.78, 5) is 26.9. The van der Waals surface area contributed by atoms with Gasteiger partial charge in [0.1, 0.15) is 6.54 Å². The molecule has 2 N–H and O–H groups in total. The Hall–Kier alpha value is -2.37. The summed E-state index contributed by atoms with van der Waals surface area (Å²) >= 11 is 0. The van der Waals surface area contributed by atoms with E-state index in [1.165, 1.54) is 0 Å². The van der Waals surface area contributed by atoms with E-state index in [-0.39, 0.29) is 24.8 Å². The third kappa shape index (κ3) is 4.05. The van der Waals surface area contributed by atoms with Crippen molar-refractivity contribution in [1.29, 1.82) is 0 Å². The number of fused-ring (bicyclic) bond motifs is 1. The van der Waals surface area contributed by atoms with Crippen LogP contribution in [0.4, 0.5) is 0 Å². The predicted octanol–water partition coefficient (Wildman–Crippen LogP) is 1.65. The highest BCUT2D eigenvalue weighted by molar-refractivity contribution is 5.80. The van der Waals surface area contributed by atoms with Crippen molar-refractivity contribution in [3.05, 3.63) is 30.6 Å². The Labute approximate surface area is 122 Å². The average molecular weight is 289 g/mol. The summed E-state index contributed by atoms with van der Waals surface area (Å²) in [5.41, 5.74) is 1.76. The van der Waals surface area contributed by atoms with Crippen LogP contribution in [0, 0.1) is 5.92 Å². The molecule has 0 saturated carbocycles. The monoisotopic (exact) mass is 289 g/mol. The van der Waals surface area contributed by atoms with E-state index in [0.717, 1.165) is 17.5 Å². The van der Waals surface area contributed by atoms with Crippen molar-refractivity contribution in [3.63, 3.8) is 0 Å². The number of nitrogens with zero attached hydrogens (tertiary/aromatic N) is 2. The maximum absolute atomic E-state index is 12.0. The SMILES string of the molecule is CCC(CNC(=O)Cn1cnc2ccccc21)CC(=O)O. The number of carbonyl (C=O) groups is 2. The molecule has 2 aromatic rings. The van der Waals surface area contributed by atoms with Crippen LogP contribution >= 0.6 is 0 Å². The van der Waals surface area contributed by atoms with Gasteiger partial charge in [0, 0.05) is 13.0 Å². The molecule has 0 spiro atoms. The van der Waals surface area contributed by atoms with Crippen molar-refractivity contribution in [1.82, 2.24) is 14.9 Å². The molecular weight excluding hydrogens is 270 g/mol. The van der Waals surface area contributed by atoms with E-state index >= 15 is 0 Å². The van der Waals surface area contributed by atoms with Gasteiger partial charge in [-0.05, 0) is 18.1 Å². The van der Waals surface area contributed by atoms with Gasteiger partial charge in [0.2, 0.25) is 5.91 Å². The van der Waals surface area contributed by atoms with Crippen LogP contribution in [-0.2, 0) is 16.1 Å². The second-order valence-corrected chi connectivity index (χ2v) is 5.04. The lowest BCUT2D eigenvalue weighted by Gasteiger charge is -2.13. The van der Waals surface area contributed by atoms with Gasteiger partial charge in [-0.1, -0.05) is 25.5 Å². The van der Waals surface area contributed by atoms with E-state index in [0.29, 0.717) is 6.54 Å². The molecular formula is C15H19N3O3. The maximum Gasteiger partial charge on any atom is 0.303 e. The number of aliphatic carboxylic acids is 1. The number of benzene rings is 1. The first kappa shape index (κ1) is 15.0. The summed E-state index contributed by atoms with van der Waals surface area (Å²) in [5, 5.41) is 11.6. The molecule has 1 amide bonds. The molecule has 0 aliphatic heterocycles. The van der Waals surface area contributed by atoms with Crippen LogP contribution in [0.2, 0.25) is 0 Å². The number of aromatic nitrogens is 2. The first-order valence-corrected chi connectivity index (χ1v) is 6.98. The van der Waals surface area contributed by atoms with Crippen molar-refractivity contribution < 1.29 is 14.7 Å². The minimum atomic E-state index is -0.836. The number of hydrogen-bond acceptors (Lipinski definition) is 3. The Morgan fingerprint density at radius 3 is 2.86 bits per heavy atom. The number of imidazole rings is 1. The van der Waals surface area contributed by atoms with Crippen molar-refractivity contribution in [2.45, 2.75) is 26.3 Å². The molecule has 0 aliphatic carbocycles. The van der Waals surface area contributed by atoms with Crippen LogP contribution in [0.25, 0.3) is 11.0 Å². The van der Waals surface area contributed by atoms with Crippen molar-refractivity contribution in [3.8, 4) is 0 Å². The van der Waals surface area contributed by atoms with E-state index in [2.05, 4.69) is 10.3 Å². The standard InChI is InChI=1S/C15H19N3O3/c1-2-11(7-15(20)21)8-16-14(19)9-18-10-17-12-5-3-4-6-13(12)18/h3-6,10-11H,2,7-9H2,1H3,(H,16,19)(H,20,21). The molecule has 1 atom stereocenters. The zero-order valence-electron chi connectivity index (χ0n) is 12.0. The lowest BCUT2D eigenvalue weighted by molar-refractivity contribution is -0.138. The predicted molar refractivity (Wildman–Crippen MR) is 78.8 cm³/mol. The minimum Gasteiger partial charge on any atom is -0.481 e. The molecule has 6 heteroatoms. The largest absolute Gasteiger partial charge is 0.481 e. The van der Waals surface area contributed by atoms with Gasteiger partial charge in [-0.25, -0.2) is 4.98 Å². The Kier molecular flexibility index (Phi) is 4.92. The van der Waals surface area contributed by atoms with Gasteiger partial charge in [-0.3, -0.25) is 9.59 Å².